The number of hydrogen-bond donors (Lipinski definition) is 1. The number of nitrogens with zero attached hydrogens (tertiary/aromatic N) is 3. The Labute approximate surface area is 113 Å². The van der Waals surface area contributed by atoms with Gasteiger partial charge in [-0.15, -0.1) is 0 Å². The van der Waals surface area contributed by atoms with Gasteiger partial charge in [0.2, 0.25) is 0 Å². The molecule has 0 aliphatic heterocycles. The highest BCUT2D eigenvalue weighted by Gasteiger charge is 2.32. The maximum atomic E-state index is 12.5. The van der Waals surface area contributed by atoms with Gasteiger partial charge in [0.05, 0.1) is 23.1 Å². The molecule has 1 saturated carbocycles. The van der Waals surface area contributed by atoms with E-state index in [1.807, 2.05) is 0 Å². The molecule has 0 saturated heterocycles. The minimum atomic E-state index is -4.37. The highest BCUT2D eigenvalue weighted by Crippen LogP contribution is 2.29. The predicted octanol–water partition coefficient (Wildman–Crippen LogP) is 2.54. The van der Waals surface area contributed by atoms with E-state index in [1.165, 1.54) is 17.5 Å². The van der Waals surface area contributed by atoms with Crippen LogP contribution in [-0.2, 0) is 12.7 Å². The van der Waals surface area contributed by atoms with Crippen molar-refractivity contribution in [2.45, 2.75) is 31.6 Å². The summed E-state index contributed by atoms with van der Waals surface area (Å²) in [4.78, 5) is 4.19. The molecule has 1 aliphatic rings. The molecule has 1 aliphatic carbocycles. The maximum Gasteiger partial charge on any atom is 0.419 e. The van der Waals surface area contributed by atoms with E-state index in [0.717, 1.165) is 18.1 Å². The molecule has 1 fully saturated rings. The van der Waals surface area contributed by atoms with Crippen LogP contribution in [-0.4, -0.2) is 20.8 Å². The minimum Gasteiger partial charge on any atom is -0.308 e. The first kappa shape index (κ1) is 13.1. The summed E-state index contributed by atoms with van der Waals surface area (Å²) < 4.78 is 38.8. The third-order valence-electron chi connectivity index (χ3n) is 3.12. The highest BCUT2D eigenvalue weighted by atomic mass is 19.4. The fourth-order valence-corrected chi connectivity index (χ4v) is 1.85. The van der Waals surface area contributed by atoms with Crippen LogP contribution in [0.4, 0.5) is 13.2 Å². The first-order chi connectivity index (χ1) is 9.52. The van der Waals surface area contributed by atoms with E-state index in [0.29, 0.717) is 18.3 Å². The largest absolute Gasteiger partial charge is 0.419 e. The van der Waals surface area contributed by atoms with Gasteiger partial charge < -0.3 is 5.32 Å². The van der Waals surface area contributed by atoms with Crippen molar-refractivity contribution >= 4 is 0 Å². The summed E-state index contributed by atoms with van der Waals surface area (Å²) in [7, 11) is 0. The highest BCUT2D eigenvalue weighted by molar-refractivity contribution is 5.32. The molecule has 0 aromatic carbocycles. The standard InChI is InChI=1S/C13H13F3N4/c14-13(15,16)9-6-19-20(8-9)12-3-4-17-11(5-12)7-18-10-1-2-10/h3-6,8,10,18H,1-2,7H2. The van der Waals surface area contributed by atoms with Crippen LogP contribution in [0.5, 0.6) is 0 Å². The molecule has 106 valence electrons. The Bertz CT molecular complexity index is 602. The first-order valence-electron chi connectivity index (χ1n) is 6.33. The van der Waals surface area contributed by atoms with Crippen molar-refractivity contribution in [3.63, 3.8) is 0 Å². The zero-order valence-corrected chi connectivity index (χ0v) is 10.6. The number of hydrogen-bond acceptors (Lipinski definition) is 3. The van der Waals surface area contributed by atoms with Crippen LogP contribution in [0.15, 0.2) is 30.7 Å². The van der Waals surface area contributed by atoms with E-state index in [2.05, 4.69) is 15.4 Å². The molecule has 20 heavy (non-hydrogen) atoms. The van der Waals surface area contributed by atoms with Crippen LogP contribution < -0.4 is 5.32 Å². The molecule has 1 N–H and O–H groups in total. The van der Waals surface area contributed by atoms with Crippen LogP contribution in [0.2, 0.25) is 0 Å². The number of aromatic nitrogens is 3. The van der Waals surface area contributed by atoms with Gasteiger partial charge in [0.15, 0.2) is 0 Å². The van der Waals surface area contributed by atoms with E-state index in [1.54, 1.807) is 18.3 Å². The fraction of sp³-hybridized carbons (Fsp3) is 0.385. The molecule has 0 bridgehead atoms. The third kappa shape index (κ3) is 2.98. The second-order valence-electron chi connectivity index (χ2n) is 4.83. The molecule has 0 atom stereocenters. The fourth-order valence-electron chi connectivity index (χ4n) is 1.85. The molecular formula is C13H13F3N4. The maximum absolute atomic E-state index is 12.5. The van der Waals surface area contributed by atoms with Crippen molar-refractivity contribution in [3.05, 3.63) is 42.0 Å². The van der Waals surface area contributed by atoms with Crippen molar-refractivity contribution in [2.24, 2.45) is 0 Å². The van der Waals surface area contributed by atoms with Gasteiger partial charge in [-0.25, -0.2) is 4.68 Å². The number of halogens is 3. The molecule has 0 amide bonds. The zero-order valence-electron chi connectivity index (χ0n) is 10.6. The van der Waals surface area contributed by atoms with Gasteiger partial charge in [0, 0.05) is 25.0 Å². The Morgan fingerprint density at radius 2 is 2.15 bits per heavy atom. The summed E-state index contributed by atoms with van der Waals surface area (Å²) >= 11 is 0. The lowest BCUT2D eigenvalue weighted by Gasteiger charge is -2.06. The molecule has 7 heteroatoms. The summed E-state index contributed by atoms with van der Waals surface area (Å²) in [5.74, 6) is 0. The predicted molar refractivity (Wildman–Crippen MR) is 66.2 cm³/mol. The molecule has 2 aromatic heterocycles. The monoisotopic (exact) mass is 282 g/mol. The van der Waals surface area contributed by atoms with Gasteiger partial charge in [-0.3, -0.25) is 4.98 Å². The van der Waals surface area contributed by atoms with E-state index >= 15 is 0 Å². The quantitative estimate of drug-likeness (QED) is 0.937. The van der Waals surface area contributed by atoms with Crippen molar-refractivity contribution in [3.8, 4) is 5.69 Å². The van der Waals surface area contributed by atoms with Crippen LogP contribution >= 0.6 is 0 Å². The SMILES string of the molecule is FC(F)(F)c1cnn(-c2ccnc(CNC3CC3)c2)c1. The third-order valence-corrected chi connectivity index (χ3v) is 3.12. The summed E-state index contributed by atoms with van der Waals surface area (Å²) in [6.07, 6.45) is 1.35. The minimum absolute atomic E-state index is 0.557. The lowest BCUT2D eigenvalue weighted by atomic mass is 10.3. The Balaban J connectivity index is 1.78. The van der Waals surface area contributed by atoms with Crippen LogP contribution in [0, 0.1) is 0 Å². The molecule has 3 rings (SSSR count). The van der Waals surface area contributed by atoms with Crippen LogP contribution in [0.1, 0.15) is 24.1 Å². The molecule has 0 radical (unpaired) electrons. The molecule has 0 unspecified atom stereocenters. The smallest absolute Gasteiger partial charge is 0.308 e. The van der Waals surface area contributed by atoms with E-state index < -0.39 is 11.7 Å². The van der Waals surface area contributed by atoms with Gasteiger partial charge in [0.25, 0.3) is 0 Å². The lowest BCUT2D eigenvalue weighted by molar-refractivity contribution is -0.137. The van der Waals surface area contributed by atoms with Gasteiger partial charge in [-0.2, -0.15) is 18.3 Å². The summed E-state index contributed by atoms with van der Waals surface area (Å²) in [6, 6.07) is 3.93. The van der Waals surface area contributed by atoms with Gasteiger partial charge in [-0.1, -0.05) is 0 Å². The molecule has 0 spiro atoms. The molecular weight excluding hydrogens is 269 g/mol. The number of rotatable bonds is 4. The van der Waals surface area contributed by atoms with E-state index in [4.69, 9.17) is 0 Å². The molecule has 4 nitrogen and oxygen atoms in total. The Morgan fingerprint density at radius 3 is 2.80 bits per heavy atom. The average molecular weight is 282 g/mol. The second kappa shape index (κ2) is 4.90. The molecule has 2 heterocycles. The Kier molecular flexibility index (Phi) is 3.21. The Morgan fingerprint density at radius 1 is 1.35 bits per heavy atom. The van der Waals surface area contributed by atoms with E-state index in [-0.39, 0.29) is 0 Å². The first-order valence-corrected chi connectivity index (χ1v) is 6.33. The number of nitrogens with one attached hydrogen (secondary N) is 1. The van der Waals surface area contributed by atoms with Crippen molar-refractivity contribution in [1.82, 2.24) is 20.1 Å². The number of pyridine rings is 1. The van der Waals surface area contributed by atoms with Crippen LogP contribution in [0.3, 0.4) is 0 Å². The summed E-state index contributed by atoms with van der Waals surface area (Å²) in [5, 5.41) is 7.06. The average Bonchev–Trinajstić information content (AvgIpc) is 3.09. The topological polar surface area (TPSA) is 42.7 Å². The Hall–Kier alpha value is -1.89. The van der Waals surface area contributed by atoms with Crippen molar-refractivity contribution in [1.29, 1.82) is 0 Å². The van der Waals surface area contributed by atoms with Crippen molar-refractivity contribution < 1.29 is 13.2 Å². The van der Waals surface area contributed by atoms with Crippen LogP contribution in [0.25, 0.3) is 5.69 Å². The normalized spacial score (nSPS) is 15.6. The van der Waals surface area contributed by atoms with E-state index in [9.17, 15) is 13.2 Å². The number of alkyl halides is 3. The van der Waals surface area contributed by atoms with Gasteiger partial charge >= 0.3 is 6.18 Å². The summed E-state index contributed by atoms with van der Waals surface area (Å²) in [6.45, 7) is 0.617. The van der Waals surface area contributed by atoms with Crippen molar-refractivity contribution in [2.75, 3.05) is 0 Å². The molecule has 2 aromatic rings. The summed E-state index contributed by atoms with van der Waals surface area (Å²) in [5.41, 5.74) is 0.605. The zero-order chi connectivity index (χ0) is 14.2. The van der Waals surface area contributed by atoms with Gasteiger partial charge in [-0.05, 0) is 25.0 Å². The van der Waals surface area contributed by atoms with Gasteiger partial charge in [0.1, 0.15) is 0 Å². The lowest BCUT2D eigenvalue weighted by Crippen LogP contribution is -2.16. The second-order valence-corrected chi connectivity index (χ2v) is 4.83.